The molecule has 63 heavy (non-hydrogen) atoms. The normalized spacial score (nSPS) is 18.1. The third-order valence-corrected chi connectivity index (χ3v) is 14.6. The van der Waals surface area contributed by atoms with Gasteiger partial charge < -0.3 is 32.5 Å². The minimum atomic E-state index is -0.865. The summed E-state index contributed by atoms with van der Waals surface area (Å²) in [6.45, 7) is 9.63. The molecular weight excluding hydrogens is 854 g/mol. The van der Waals surface area contributed by atoms with Crippen LogP contribution >= 0.6 is 23.5 Å². The number of carboxylic acid groups (broad SMARTS) is 1. The summed E-state index contributed by atoms with van der Waals surface area (Å²) in [5.74, 6) is -0.0440. The number of hydrogen-bond donors (Lipinski definition) is 6. The zero-order valence-electron chi connectivity index (χ0n) is 39.7. The zero-order chi connectivity index (χ0) is 46.4. The Labute approximate surface area is 408 Å². The Kier molecular flexibility index (Phi) is 33.1. The molecule has 7 N–H and O–H groups in total. The van der Waals surface area contributed by atoms with Gasteiger partial charge in [0, 0.05) is 42.7 Å². The van der Waals surface area contributed by atoms with Gasteiger partial charge in [-0.3, -0.25) is 34.0 Å². The van der Waals surface area contributed by atoms with Crippen LogP contribution in [0.2, 0.25) is 0 Å². The number of methoxy groups -OCH3 is 1. The predicted octanol–water partition coefficient (Wildman–Crippen LogP) is 4.86. The van der Waals surface area contributed by atoms with E-state index in [4.69, 9.17) is 27.4 Å². The molecule has 1 aromatic rings. The molecule has 5 rings (SSSR count). The molecule has 4 saturated carbocycles. The van der Waals surface area contributed by atoms with Crippen molar-refractivity contribution in [2.75, 3.05) is 26.2 Å². The summed E-state index contributed by atoms with van der Waals surface area (Å²) in [4.78, 5) is 67.6. The number of amides is 2. The summed E-state index contributed by atoms with van der Waals surface area (Å²) in [5.41, 5.74) is 10.3. The Balaban J connectivity index is 0. The number of aliphatic carboxylic acids is 1. The van der Waals surface area contributed by atoms with Gasteiger partial charge in [0.05, 0.1) is 12.8 Å². The SMILES string of the molecule is CC(=O)C(NC=O)=C1CCCCC1.COc1ccc(CNC(C(=O)NO)C2(SC)CCCCC2)cc1.CSC1(C(N)C(=O)O)CCCCC1.O=C1CCCCC1.[C-]#[N+]CC(C)=O.[H-].[Na+]. The van der Waals surface area contributed by atoms with Gasteiger partial charge in [-0.25, -0.2) is 12.1 Å². The van der Waals surface area contributed by atoms with E-state index in [1.807, 2.05) is 36.0 Å². The van der Waals surface area contributed by atoms with Gasteiger partial charge >= 0.3 is 35.5 Å². The first kappa shape index (κ1) is 60.2. The maximum atomic E-state index is 12.2. The number of hydroxylamine groups is 1. The van der Waals surface area contributed by atoms with Crippen LogP contribution in [0, 0.1) is 6.57 Å². The van der Waals surface area contributed by atoms with Crippen molar-refractivity contribution in [3.8, 4) is 5.75 Å². The third-order valence-electron chi connectivity index (χ3n) is 11.7. The maximum absolute atomic E-state index is 12.2. The summed E-state index contributed by atoms with van der Waals surface area (Å²) in [6.07, 6.45) is 26.0. The van der Waals surface area contributed by atoms with Crippen LogP contribution in [-0.2, 0) is 35.3 Å². The Bertz CT molecular complexity index is 1600. The van der Waals surface area contributed by atoms with Crippen molar-refractivity contribution in [1.82, 2.24) is 16.1 Å². The molecule has 350 valence electrons. The largest absolute Gasteiger partial charge is 1.00 e. The second kappa shape index (κ2) is 34.6. The second-order valence-corrected chi connectivity index (χ2v) is 18.5. The van der Waals surface area contributed by atoms with E-state index in [0.717, 1.165) is 120 Å². The summed E-state index contributed by atoms with van der Waals surface area (Å²) in [7, 11) is 1.64. The monoisotopic (exact) mass is 927 g/mol. The van der Waals surface area contributed by atoms with E-state index in [9.17, 15) is 28.8 Å². The van der Waals surface area contributed by atoms with Gasteiger partial charge in [0.25, 0.3) is 12.5 Å². The van der Waals surface area contributed by atoms with Gasteiger partial charge in [0.15, 0.2) is 5.78 Å². The summed E-state index contributed by atoms with van der Waals surface area (Å²) < 4.78 is 4.80. The van der Waals surface area contributed by atoms with Crippen molar-refractivity contribution in [3.63, 3.8) is 0 Å². The minimum absolute atomic E-state index is 0. The second-order valence-electron chi connectivity index (χ2n) is 16.1. The van der Waals surface area contributed by atoms with Crippen LogP contribution in [0.5, 0.6) is 5.75 Å². The van der Waals surface area contributed by atoms with E-state index in [2.05, 4.69) is 21.7 Å². The number of carbonyl (C=O) groups is 6. The first-order valence-corrected chi connectivity index (χ1v) is 24.3. The molecule has 0 radical (unpaired) electrons. The van der Waals surface area contributed by atoms with Gasteiger partial charge in [0.1, 0.15) is 23.6 Å². The fourth-order valence-corrected chi connectivity index (χ4v) is 10.3. The minimum Gasteiger partial charge on any atom is -1.00 e. The molecule has 0 aromatic heterocycles. The van der Waals surface area contributed by atoms with Crippen LogP contribution in [0.4, 0.5) is 0 Å². The van der Waals surface area contributed by atoms with Gasteiger partial charge in [-0.15, -0.1) is 0 Å². The topological polar surface area (TPSA) is 219 Å². The Hall–Kier alpha value is -2.75. The van der Waals surface area contributed by atoms with Crippen LogP contribution in [0.1, 0.15) is 149 Å². The number of Topliss-reactive ketones (excluding diaryl/α,β-unsaturated/α-hetero) is 3. The van der Waals surface area contributed by atoms with Crippen LogP contribution in [0.15, 0.2) is 35.5 Å². The molecule has 0 saturated heterocycles. The number of carboxylic acids is 1. The molecule has 0 heterocycles. The van der Waals surface area contributed by atoms with Gasteiger partial charge in [-0.05, 0) is 100.0 Å². The third kappa shape index (κ3) is 22.8. The molecule has 2 amide bonds. The van der Waals surface area contributed by atoms with Crippen molar-refractivity contribution in [2.24, 2.45) is 5.73 Å². The number of ketones is 3. The number of nitrogens with one attached hydrogen (secondary N) is 3. The fraction of sp³-hybridized carbons (Fsp3) is 0.674. The van der Waals surface area contributed by atoms with E-state index < -0.39 is 18.1 Å². The van der Waals surface area contributed by atoms with Crippen molar-refractivity contribution in [1.29, 1.82) is 0 Å². The number of benzene rings is 1. The Morgan fingerprint density at radius 2 is 1.33 bits per heavy atom. The first-order chi connectivity index (χ1) is 29.7. The molecule has 2 unspecified atom stereocenters. The molecular formula is C46H74N5NaO9S2. The van der Waals surface area contributed by atoms with Crippen molar-refractivity contribution >= 4 is 59.2 Å². The van der Waals surface area contributed by atoms with E-state index in [1.165, 1.54) is 39.5 Å². The van der Waals surface area contributed by atoms with Gasteiger partial charge in [-0.1, -0.05) is 63.5 Å². The number of carbonyl (C=O) groups excluding carboxylic acids is 5. The van der Waals surface area contributed by atoms with Gasteiger partial charge in [-0.2, -0.15) is 23.5 Å². The molecule has 0 aliphatic heterocycles. The molecule has 1 aromatic carbocycles. The number of nitrogens with zero attached hydrogens (tertiary/aromatic N) is 1. The summed E-state index contributed by atoms with van der Waals surface area (Å²) >= 11 is 3.36. The van der Waals surface area contributed by atoms with Gasteiger partial charge in [0.2, 0.25) is 12.2 Å². The average Bonchev–Trinajstić information content (AvgIpc) is 3.29. The summed E-state index contributed by atoms with van der Waals surface area (Å²) in [6, 6.07) is 6.65. The fourth-order valence-electron chi connectivity index (χ4n) is 8.12. The van der Waals surface area contributed by atoms with Crippen LogP contribution in [0.25, 0.3) is 4.85 Å². The number of hydrogen-bond acceptors (Lipinski definition) is 12. The molecule has 17 heteroatoms. The first-order valence-electron chi connectivity index (χ1n) is 21.9. The van der Waals surface area contributed by atoms with E-state index in [0.29, 0.717) is 24.4 Å². The van der Waals surface area contributed by atoms with E-state index in [-0.39, 0.29) is 64.5 Å². The van der Waals surface area contributed by atoms with E-state index in [1.54, 1.807) is 30.6 Å². The predicted molar refractivity (Wildman–Crippen MR) is 249 cm³/mol. The smallest absolute Gasteiger partial charge is 1.00 e. The summed E-state index contributed by atoms with van der Waals surface area (Å²) in [5, 5.41) is 23.9. The van der Waals surface area contributed by atoms with E-state index >= 15 is 0 Å². The van der Waals surface area contributed by atoms with Crippen LogP contribution in [-0.4, -0.2) is 93.7 Å². The van der Waals surface area contributed by atoms with Crippen molar-refractivity contribution in [3.05, 3.63) is 52.5 Å². The van der Waals surface area contributed by atoms with Crippen LogP contribution in [0.3, 0.4) is 0 Å². The Morgan fingerprint density at radius 1 is 0.857 bits per heavy atom. The molecule has 4 fully saturated rings. The number of thioether (sulfide) groups is 2. The Morgan fingerprint density at radius 3 is 1.68 bits per heavy atom. The quantitative estimate of drug-likeness (QED) is 0.0368. The molecule has 0 spiro atoms. The number of ether oxygens (including phenoxy) is 1. The average molecular weight is 928 g/mol. The number of allylic oxidation sites excluding steroid dienone is 2. The van der Waals surface area contributed by atoms with Crippen molar-refractivity contribution < 1.29 is 74.8 Å². The number of rotatable bonds is 14. The molecule has 0 bridgehead atoms. The molecule has 2 atom stereocenters. The number of nitrogens with two attached hydrogens (primary N) is 1. The van der Waals surface area contributed by atoms with Crippen molar-refractivity contribution in [2.45, 2.75) is 170 Å². The standard InChI is InChI=1S/C17H26N2O3S.C10H15NO2.C9H17NO2S.C6H10O.C4H5NO.Na.H/c1-22-14-8-6-13(7-9-14)12-18-15(16(20)19-21)17(23-2)10-4-3-5-11-17;1-8(13)10(11-7-12)9-5-3-2-4-6-9;1-13-9(7(10)8(11)12)5-3-2-4-6-9;7-6-4-2-1-3-5-6;1-4(6)3-5-2;;/h6-9,15,18,21H,3-5,10-12H2,1-2H3,(H,19,20);7H,2-6H2,1H3,(H,11,12);7H,2-6,10H2,1H3,(H,11,12);1-5H2;3H2,1H3;;/q;;;;;+1;-1. The zero-order valence-corrected chi connectivity index (χ0v) is 42.3. The van der Waals surface area contributed by atoms with Crippen LogP contribution < -0.4 is 56.1 Å². The molecule has 14 nitrogen and oxygen atoms in total. The maximum Gasteiger partial charge on any atom is 1.00 e. The molecule has 4 aliphatic rings. The molecule has 4 aliphatic carbocycles.